The molecule has 6 rings (SSSR count). The summed E-state index contributed by atoms with van der Waals surface area (Å²) < 4.78 is 12.7. The van der Waals surface area contributed by atoms with E-state index in [4.69, 9.17) is 14.5 Å². The number of nitrogens with zero attached hydrogens (tertiary/aromatic N) is 3. The summed E-state index contributed by atoms with van der Waals surface area (Å²) in [5.41, 5.74) is 6.08. The molecule has 1 fully saturated rings. The number of carbonyl (C=O) groups excluding carboxylic acids is 1. The summed E-state index contributed by atoms with van der Waals surface area (Å²) in [5.74, 6) is 1.53. The van der Waals surface area contributed by atoms with E-state index in [2.05, 4.69) is 34.7 Å². The SMILES string of the molecule is COc1ccc(N=C2S/C(=C/c3cc(C)n(-c4ccc(OC)cc4)c3)C(=O)N2CCc2c[nH]c3ccccc23)cc1. The lowest BCUT2D eigenvalue weighted by molar-refractivity contribution is -0.122. The van der Waals surface area contributed by atoms with Gasteiger partial charge in [0, 0.05) is 41.2 Å². The third-order valence-electron chi connectivity index (χ3n) is 7.15. The Morgan fingerprint density at radius 1 is 0.951 bits per heavy atom. The Morgan fingerprint density at radius 2 is 1.66 bits per heavy atom. The van der Waals surface area contributed by atoms with Crippen LogP contribution in [-0.2, 0) is 11.2 Å². The molecule has 0 spiro atoms. The first-order chi connectivity index (χ1) is 20.0. The molecule has 0 bridgehead atoms. The van der Waals surface area contributed by atoms with Gasteiger partial charge in [-0.05, 0) is 103 Å². The summed E-state index contributed by atoms with van der Waals surface area (Å²) in [6.07, 6.45) is 6.74. The molecule has 2 aromatic heterocycles. The average Bonchev–Trinajstić information content (AvgIpc) is 3.67. The quantitative estimate of drug-likeness (QED) is 0.204. The third-order valence-corrected chi connectivity index (χ3v) is 8.15. The van der Waals surface area contributed by atoms with Crippen molar-refractivity contribution in [2.24, 2.45) is 4.99 Å². The van der Waals surface area contributed by atoms with Crippen LogP contribution in [0, 0.1) is 6.92 Å². The van der Waals surface area contributed by atoms with Gasteiger partial charge in [0.05, 0.1) is 24.8 Å². The highest BCUT2D eigenvalue weighted by Crippen LogP contribution is 2.35. The first kappa shape index (κ1) is 26.5. The van der Waals surface area contributed by atoms with Gasteiger partial charge >= 0.3 is 0 Å². The average molecular weight is 563 g/mol. The van der Waals surface area contributed by atoms with Crippen LogP contribution in [0.3, 0.4) is 0 Å². The van der Waals surface area contributed by atoms with Gasteiger partial charge in [-0.3, -0.25) is 9.69 Å². The predicted molar refractivity (Wildman–Crippen MR) is 166 cm³/mol. The second-order valence-corrected chi connectivity index (χ2v) is 10.8. The Bertz CT molecular complexity index is 1760. The minimum Gasteiger partial charge on any atom is -0.497 e. The molecular formula is C33H30N4O3S. The lowest BCUT2D eigenvalue weighted by Gasteiger charge is -2.15. The van der Waals surface area contributed by atoms with E-state index in [1.807, 2.05) is 79.1 Å². The first-order valence-electron chi connectivity index (χ1n) is 13.3. The molecule has 1 N–H and O–H groups in total. The topological polar surface area (TPSA) is 71.8 Å². The van der Waals surface area contributed by atoms with E-state index < -0.39 is 0 Å². The van der Waals surface area contributed by atoms with E-state index in [1.54, 1.807) is 19.1 Å². The maximum Gasteiger partial charge on any atom is 0.266 e. The number of methoxy groups -OCH3 is 2. The number of ether oxygens (including phenoxy) is 2. The van der Waals surface area contributed by atoms with Crippen LogP contribution in [0.5, 0.6) is 11.5 Å². The van der Waals surface area contributed by atoms with E-state index in [9.17, 15) is 4.79 Å². The van der Waals surface area contributed by atoms with Crippen LogP contribution >= 0.6 is 11.8 Å². The number of amides is 1. The maximum absolute atomic E-state index is 13.8. The molecule has 1 saturated heterocycles. The molecule has 0 aliphatic carbocycles. The van der Waals surface area contributed by atoms with E-state index >= 15 is 0 Å². The number of nitrogens with one attached hydrogen (secondary N) is 1. The molecule has 0 radical (unpaired) electrons. The number of hydrogen-bond acceptors (Lipinski definition) is 5. The number of aromatic amines is 1. The largest absolute Gasteiger partial charge is 0.497 e. The van der Waals surface area contributed by atoms with Crippen molar-refractivity contribution < 1.29 is 14.3 Å². The van der Waals surface area contributed by atoms with Crippen molar-refractivity contribution in [2.45, 2.75) is 13.3 Å². The van der Waals surface area contributed by atoms with Crippen LogP contribution in [-0.4, -0.2) is 46.3 Å². The number of para-hydroxylation sites is 1. The van der Waals surface area contributed by atoms with Crippen LogP contribution in [0.2, 0.25) is 0 Å². The van der Waals surface area contributed by atoms with Crippen molar-refractivity contribution in [3.05, 3.63) is 113 Å². The lowest BCUT2D eigenvalue weighted by atomic mass is 10.1. The van der Waals surface area contributed by atoms with Crippen molar-refractivity contribution >= 4 is 45.5 Å². The Balaban J connectivity index is 1.30. The Hall–Kier alpha value is -4.69. The standard InChI is InChI=1S/C33H30N4O3S/c1-22-18-23(21-37(22)26-10-14-28(40-3)15-11-26)19-31-32(38)36(17-16-24-20-34-30-7-5-4-6-29(24)30)33(41-31)35-25-8-12-27(39-2)13-9-25/h4-15,18-21,34H,16-17H2,1-3H3/b31-19+,35-33?. The summed E-state index contributed by atoms with van der Waals surface area (Å²) in [7, 11) is 3.30. The van der Waals surface area contributed by atoms with Crippen LogP contribution in [0.4, 0.5) is 5.69 Å². The van der Waals surface area contributed by atoms with Gasteiger partial charge in [0.15, 0.2) is 5.17 Å². The van der Waals surface area contributed by atoms with Gasteiger partial charge in [0.2, 0.25) is 0 Å². The molecule has 206 valence electrons. The molecule has 3 aromatic carbocycles. The van der Waals surface area contributed by atoms with Gasteiger partial charge in [0.25, 0.3) is 5.91 Å². The van der Waals surface area contributed by atoms with E-state index in [0.717, 1.165) is 39.6 Å². The summed E-state index contributed by atoms with van der Waals surface area (Å²) in [6, 6.07) is 25.8. The molecule has 0 saturated carbocycles. The van der Waals surface area contributed by atoms with E-state index in [0.29, 0.717) is 23.0 Å². The minimum atomic E-state index is -0.0445. The number of aromatic nitrogens is 2. The Labute approximate surface area is 243 Å². The molecule has 3 heterocycles. The zero-order valence-corrected chi connectivity index (χ0v) is 23.9. The van der Waals surface area contributed by atoms with Crippen LogP contribution in [0.25, 0.3) is 22.7 Å². The maximum atomic E-state index is 13.8. The second kappa shape index (κ2) is 11.4. The molecule has 0 atom stereocenters. The van der Waals surface area contributed by atoms with E-state index in [1.165, 1.54) is 22.7 Å². The van der Waals surface area contributed by atoms with Gasteiger partial charge in [-0.1, -0.05) is 18.2 Å². The molecule has 1 aliphatic heterocycles. The Morgan fingerprint density at radius 3 is 2.39 bits per heavy atom. The fraction of sp³-hybridized carbons (Fsp3) is 0.152. The Kier molecular flexibility index (Phi) is 7.39. The molecular weight excluding hydrogens is 532 g/mol. The predicted octanol–water partition coefficient (Wildman–Crippen LogP) is 7.13. The third kappa shape index (κ3) is 5.51. The van der Waals surface area contributed by atoms with Gasteiger partial charge < -0.3 is 19.0 Å². The first-order valence-corrected chi connectivity index (χ1v) is 14.2. The summed E-state index contributed by atoms with van der Waals surface area (Å²) in [6.45, 7) is 2.58. The highest BCUT2D eigenvalue weighted by atomic mass is 32.2. The smallest absolute Gasteiger partial charge is 0.266 e. The van der Waals surface area contributed by atoms with E-state index in [-0.39, 0.29) is 5.91 Å². The number of amidine groups is 1. The summed E-state index contributed by atoms with van der Waals surface area (Å²) in [4.78, 5) is 24.4. The van der Waals surface area contributed by atoms with Gasteiger partial charge in [-0.25, -0.2) is 4.99 Å². The zero-order chi connectivity index (χ0) is 28.3. The fourth-order valence-electron chi connectivity index (χ4n) is 4.98. The molecule has 41 heavy (non-hydrogen) atoms. The van der Waals surface area contributed by atoms with Crippen molar-refractivity contribution in [2.75, 3.05) is 20.8 Å². The van der Waals surface area contributed by atoms with Crippen molar-refractivity contribution in [1.82, 2.24) is 14.5 Å². The number of hydrogen-bond donors (Lipinski definition) is 1. The van der Waals surface area contributed by atoms with Crippen LogP contribution in [0.1, 0.15) is 16.8 Å². The van der Waals surface area contributed by atoms with Crippen molar-refractivity contribution in [3.63, 3.8) is 0 Å². The van der Waals surface area contributed by atoms with Crippen LogP contribution < -0.4 is 9.47 Å². The van der Waals surface area contributed by atoms with Gasteiger partial charge in [0.1, 0.15) is 11.5 Å². The highest BCUT2D eigenvalue weighted by Gasteiger charge is 2.33. The summed E-state index contributed by atoms with van der Waals surface area (Å²) in [5, 5.41) is 1.84. The molecule has 5 aromatic rings. The number of rotatable bonds is 8. The molecule has 1 aliphatic rings. The van der Waals surface area contributed by atoms with Crippen molar-refractivity contribution in [3.8, 4) is 17.2 Å². The monoisotopic (exact) mass is 562 g/mol. The lowest BCUT2D eigenvalue weighted by Crippen LogP contribution is -2.31. The highest BCUT2D eigenvalue weighted by molar-refractivity contribution is 8.18. The second-order valence-electron chi connectivity index (χ2n) is 9.75. The van der Waals surface area contributed by atoms with Crippen molar-refractivity contribution in [1.29, 1.82) is 0 Å². The molecule has 8 heteroatoms. The number of H-pyrrole nitrogens is 1. The van der Waals surface area contributed by atoms with Crippen LogP contribution in [0.15, 0.2) is 101 Å². The number of fused-ring (bicyclic) bond motifs is 1. The van der Waals surface area contributed by atoms with Gasteiger partial charge in [-0.2, -0.15) is 0 Å². The van der Waals surface area contributed by atoms with Gasteiger partial charge in [-0.15, -0.1) is 0 Å². The number of aliphatic imine (C=N–C) groups is 1. The zero-order valence-electron chi connectivity index (χ0n) is 23.1. The molecule has 7 nitrogen and oxygen atoms in total. The molecule has 0 unspecified atom stereocenters. The molecule has 1 amide bonds. The number of benzene rings is 3. The number of aryl methyl sites for hydroxylation is 1. The normalized spacial score (nSPS) is 15.4. The number of carbonyl (C=O) groups is 1. The summed E-state index contributed by atoms with van der Waals surface area (Å²) >= 11 is 1.41. The fourth-order valence-corrected chi connectivity index (χ4v) is 6.00. The minimum absolute atomic E-state index is 0.0445. The number of thioether (sulfide) groups is 1.